The molecule has 4 amide bonds. The van der Waals surface area contributed by atoms with Crippen LogP contribution in [0.25, 0.3) is 0 Å². The van der Waals surface area contributed by atoms with Gasteiger partial charge >= 0.3 is 18.3 Å². The van der Waals surface area contributed by atoms with Crippen LogP contribution in [-0.4, -0.2) is 75.0 Å². The van der Waals surface area contributed by atoms with Crippen LogP contribution < -0.4 is 16.0 Å². The summed E-state index contributed by atoms with van der Waals surface area (Å²) in [6.45, 7) is 9.77. The SMILES string of the molecule is CC(C)(C)OC(=O)Nc1ccc(C2CC(O)(C(F)F)CCN2C(=O)OC(C)(C)C)nc1NC(=O)[C@@H](NC(=O)OCc1ccccc1)C(C1CC1)C1CC1. The van der Waals surface area contributed by atoms with E-state index >= 15 is 0 Å². The van der Waals surface area contributed by atoms with Crippen molar-refractivity contribution in [3.8, 4) is 0 Å². The van der Waals surface area contributed by atoms with Crippen molar-refractivity contribution in [1.82, 2.24) is 15.2 Å². The molecule has 1 saturated heterocycles. The van der Waals surface area contributed by atoms with Crippen LogP contribution in [-0.2, 0) is 25.6 Å². The van der Waals surface area contributed by atoms with Crippen molar-refractivity contribution in [2.45, 2.75) is 122 Å². The first-order valence-corrected chi connectivity index (χ1v) is 18.1. The molecular formula is C38H51F2N5O8. The van der Waals surface area contributed by atoms with Gasteiger partial charge in [0.2, 0.25) is 5.91 Å². The van der Waals surface area contributed by atoms with Crippen molar-refractivity contribution in [1.29, 1.82) is 0 Å². The summed E-state index contributed by atoms with van der Waals surface area (Å²) in [4.78, 5) is 59.6. The van der Waals surface area contributed by atoms with E-state index in [1.54, 1.807) is 41.5 Å². The van der Waals surface area contributed by atoms with Crippen molar-refractivity contribution >= 4 is 35.7 Å². The Morgan fingerprint density at radius 3 is 2.09 bits per heavy atom. The number of nitrogens with one attached hydrogen (secondary N) is 3. The molecule has 0 spiro atoms. The Hall–Kier alpha value is -4.53. The number of nitrogens with zero attached hydrogens (tertiary/aromatic N) is 2. The highest BCUT2D eigenvalue weighted by atomic mass is 19.3. The first-order chi connectivity index (χ1) is 24.8. The number of aliphatic hydroxyl groups is 1. The number of hydrogen-bond donors (Lipinski definition) is 4. The summed E-state index contributed by atoms with van der Waals surface area (Å²) in [5, 5.41) is 19.1. The van der Waals surface area contributed by atoms with Gasteiger partial charge < -0.3 is 30.0 Å². The van der Waals surface area contributed by atoms with Gasteiger partial charge in [-0.15, -0.1) is 0 Å². The number of aromatic nitrogens is 1. The maximum absolute atomic E-state index is 14.3. The molecule has 53 heavy (non-hydrogen) atoms. The molecule has 2 aliphatic carbocycles. The summed E-state index contributed by atoms with van der Waals surface area (Å²) in [5.41, 5.74) is -3.38. The zero-order valence-corrected chi connectivity index (χ0v) is 31.1. The van der Waals surface area contributed by atoms with Gasteiger partial charge in [-0.25, -0.2) is 28.1 Å². The summed E-state index contributed by atoms with van der Waals surface area (Å²) in [6, 6.07) is 9.69. The summed E-state index contributed by atoms with van der Waals surface area (Å²) in [5.74, 6) is -0.569. The number of piperidine rings is 1. The minimum atomic E-state index is -3.12. The number of halogens is 2. The van der Waals surface area contributed by atoms with Crippen molar-refractivity contribution in [3.63, 3.8) is 0 Å². The number of amides is 4. The summed E-state index contributed by atoms with van der Waals surface area (Å²) in [7, 11) is 0. The molecule has 3 aliphatic rings. The number of carbonyl (C=O) groups is 4. The average Bonchev–Trinajstić information content (AvgIpc) is 3.99. The fourth-order valence-corrected chi connectivity index (χ4v) is 6.60. The number of benzene rings is 1. The zero-order valence-electron chi connectivity index (χ0n) is 31.1. The molecule has 3 fully saturated rings. The van der Waals surface area contributed by atoms with Gasteiger partial charge in [0.25, 0.3) is 6.43 Å². The lowest BCUT2D eigenvalue weighted by molar-refractivity contribution is -0.139. The molecule has 1 aliphatic heterocycles. The van der Waals surface area contributed by atoms with Gasteiger partial charge in [-0.1, -0.05) is 30.3 Å². The number of alkyl carbamates (subject to hydrolysis) is 1. The molecule has 290 valence electrons. The number of carbonyl (C=O) groups excluding carboxylic acids is 4. The summed E-state index contributed by atoms with van der Waals surface area (Å²) < 4.78 is 44.8. The predicted octanol–water partition coefficient (Wildman–Crippen LogP) is 7.17. The van der Waals surface area contributed by atoms with E-state index in [0.717, 1.165) is 31.2 Å². The molecule has 0 bridgehead atoms. The van der Waals surface area contributed by atoms with Crippen LogP contribution in [0.5, 0.6) is 0 Å². The second-order valence-corrected chi connectivity index (χ2v) is 16.2. The maximum Gasteiger partial charge on any atom is 0.412 e. The van der Waals surface area contributed by atoms with E-state index in [-0.39, 0.29) is 48.1 Å². The van der Waals surface area contributed by atoms with Crippen molar-refractivity contribution < 1.29 is 47.3 Å². The van der Waals surface area contributed by atoms with Crippen LogP contribution in [0.2, 0.25) is 0 Å². The highest BCUT2D eigenvalue weighted by molar-refractivity contribution is 6.00. The predicted molar refractivity (Wildman–Crippen MR) is 191 cm³/mol. The Kier molecular flexibility index (Phi) is 11.8. The van der Waals surface area contributed by atoms with Crippen LogP contribution in [0.15, 0.2) is 42.5 Å². The minimum Gasteiger partial charge on any atom is -0.445 e. The number of hydrogen-bond acceptors (Lipinski definition) is 9. The molecule has 4 N–H and O–H groups in total. The Morgan fingerprint density at radius 1 is 0.906 bits per heavy atom. The van der Waals surface area contributed by atoms with Gasteiger partial charge in [0, 0.05) is 13.0 Å². The lowest BCUT2D eigenvalue weighted by Gasteiger charge is -2.43. The van der Waals surface area contributed by atoms with E-state index in [1.165, 1.54) is 17.0 Å². The van der Waals surface area contributed by atoms with E-state index in [1.807, 2.05) is 30.3 Å². The van der Waals surface area contributed by atoms with Gasteiger partial charge in [-0.3, -0.25) is 15.0 Å². The van der Waals surface area contributed by atoms with Crippen LogP contribution >= 0.6 is 0 Å². The first-order valence-electron chi connectivity index (χ1n) is 18.1. The van der Waals surface area contributed by atoms with Crippen molar-refractivity contribution in [2.75, 3.05) is 17.2 Å². The fraction of sp³-hybridized carbons (Fsp3) is 0.605. The molecule has 5 rings (SSSR count). The maximum atomic E-state index is 14.3. The standard InChI is InChI=1S/C38H51F2N5O8/c1-36(2,3)52-34(48)42-26-17-16-25(27-20-38(50,32(39)40)18-19-45(27)35(49)53-37(4,5)6)41-30(26)44-31(46)29(28(23-12-13-23)24-14-15-24)43-33(47)51-21-22-10-8-7-9-11-22/h7-11,16-17,23-24,27-29,32,50H,12-15,18-21H2,1-6H3,(H,42,48)(H,43,47)(H,41,44,46)/t27?,29-,38?/m0/s1. The van der Waals surface area contributed by atoms with E-state index in [0.29, 0.717) is 0 Å². The number of ether oxygens (including phenoxy) is 3. The van der Waals surface area contributed by atoms with E-state index in [4.69, 9.17) is 14.2 Å². The zero-order chi connectivity index (χ0) is 38.7. The van der Waals surface area contributed by atoms with Crippen LogP contribution in [0.3, 0.4) is 0 Å². The van der Waals surface area contributed by atoms with E-state index in [9.17, 15) is 33.1 Å². The third-order valence-corrected chi connectivity index (χ3v) is 9.36. The third kappa shape index (κ3) is 11.0. The molecule has 2 heterocycles. The number of likely N-dealkylation sites (tertiary alicyclic amines) is 1. The first kappa shape index (κ1) is 39.7. The lowest BCUT2D eigenvalue weighted by atomic mass is 9.85. The van der Waals surface area contributed by atoms with Gasteiger partial charge in [-0.05, 0) is 109 Å². The average molecular weight is 744 g/mol. The molecule has 1 aromatic carbocycles. The number of rotatable bonds is 11. The number of alkyl halides is 2. The van der Waals surface area contributed by atoms with E-state index < -0.39 is 72.3 Å². The minimum absolute atomic E-state index is 0.00735. The van der Waals surface area contributed by atoms with Crippen molar-refractivity contribution in [3.05, 3.63) is 53.7 Å². The monoisotopic (exact) mass is 743 g/mol. The largest absolute Gasteiger partial charge is 0.445 e. The Morgan fingerprint density at radius 2 is 1.53 bits per heavy atom. The molecule has 0 radical (unpaired) electrons. The molecular weight excluding hydrogens is 692 g/mol. The second-order valence-electron chi connectivity index (χ2n) is 16.2. The molecule has 2 saturated carbocycles. The normalized spacial score (nSPS) is 21.1. The number of anilines is 2. The quantitative estimate of drug-likeness (QED) is 0.175. The van der Waals surface area contributed by atoms with Gasteiger partial charge in [-0.2, -0.15) is 0 Å². The molecule has 2 unspecified atom stereocenters. The molecule has 3 atom stereocenters. The Labute approximate surface area is 308 Å². The van der Waals surface area contributed by atoms with E-state index in [2.05, 4.69) is 20.9 Å². The molecule has 2 aromatic rings. The molecule has 1 aromatic heterocycles. The number of pyridine rings is 1. The topological polar surface area (TPSA) is 168 Å². The second kappa shape index (κ2) is 15.8. The Bertz CT molecular complexity index is 1630. The van der Waals surface area contributed by atoms with Crippen LogP contribution in [0.1, 0.15) is 97.4 Å². The van der Waals surface area contributed by atoms with Crippen LogP contribution in [0.4, 0.5) is 34.7 Å². The summed E-state index contributed by atoms with van der Waals surface area (Å²) >= 11 is 0. The van der Waals surface area contributed by atoms with Crippen LogP contribution in [0, 0.1) is 17.8 Å². The van der Waals surface area contributed by atoms with Gasteiger partial charge in [0.1, 0.15) is 29.5 Å². The smallest absolute Gasteiger partial charge is 0.412 e. The summed E-state index contributed by atoms with van der Waals surface area (Å²) in [6.07, 6.45) is -2.91. The van der Waals surface area contributed by atoms with Gasteiger partial charge in [0.05, 0.1) is 17.4 Å². The van der Waals surface area contributed by atoms with Gasteiger partial charge in [0.15, 0.2) is 5.82 Å². The molecule has 13 nitrogen and oxygen atoms in total. The third-order valence-electron chi connectivity index (χ3n) is 9.36. The highest BCUT2D eigenvalue weighted by Gasteiger charge is 2.50. The fourth-order valence-electron chi connectivity index (χ4n) is 6.60. The molecule has 15 heteroatoms. The van der Waals surface area contributed by atoms with Crippen molar-refractivity contribution in [2.24, 2.45) is 17.8 Å². The highest BCUT2D eigenvalue weighted by Crippen LogP contribution is 2.51. The lowest BCUT2D eigenvalue weighted by Crippen LogP contribution is -2.53. The Balaban J connectivity index is 1.48.